The van der Waals surface area contributed by atoms with Crippen molar-refractivity contribution >= 4 is 0 Å². The molecule has 1 aliphatic rings. The summed E-state index contributed by atoms with van der Waals surface area (Å²) < 4.78 is 5.60. The maximum Gasteiger partial charge on any atom is 0.109 e. The highest BCUT2D eigenvalue weighted by Gasteiger charge is 2.33. The van der Waals surface area contributed by atoms with Gasteiger partial charge in [0, 0.05) is 24.6 Å². The molecule has 0 radical (unpaired) electrons. The number of aliphatic hydroxyl groups excluding tert-OH is 1. The van der Waals surface area contributed by atoms with Crippen LogP contribution < -0.4 is 5.32 Å². The van der Waals surface area contributed by atoms with Crippen molar-refractivity contribution < 1.29 is 9.52 Å². The zero-order valence-electron chi connectivity index (χ0n) is 11.7. The van der Waals surface area contributed by atoms with Crippen LogP contribution in [0.5, 0.6) is 0 Å². The van der Waals surface area contributed by atoms with Crippen LogP contribution >= 0.6 is 0 Å². The molecule has 2 N–H and O–H groups in total. The monoisotopic (exact) mass is 251 g/mol. The molecule has 0 spiro atoms. The van der Waals surface area contributed by atoms with Gasteiger partial charge in [-0.15, -0.1) is 0 Å². The molecule has 3 heteroatoms. The van der Waals surface area contributed by atoms with Crippen molar-refractivity contribution in [1.29, 1.82) is 0 Å². The van der Waals surface area contributed by atoms with Gasteiger partial charge in [-0.25, -0.2) is 0 Å². The Morgan fingerprint density at radius 3 is 3.06 bits per heavy atom. The lowest BCUT2D eigenvalue weighted by Gasteiger charge is -2.35. The molecule has 18 heavy (non-hydrogen) atoms. The molecule has 2 unspecified atom stereocenters. The average Bonchev–Trinajstić information content (AvgIpc) is 2.72. The summed E-state index contributed by atoms with van der Waals surface area (Å²) >= 11 is 0. The molecule has 1 aromatic heterocycles. The Labute approximate surface area is 110 Å². The Balaban J connectivity index is 2.00. The van der Waals surface area contributed by atoms with Crippen LogP contribution in [0.1, 0.15) is 51.0 Å². The number of fused-ring (bicyclic) bond motifs is 1. The highest BCUT2D eigenvalue weighted by atomic mass is 16.3. The van der Waals surface area contributed by atoms with Gasteiger partial charge in [0.15, 0.2) is 0 Å². The lowest BCUT2D eigenvalue weighted by atomic mass is 9.74. The van der Waals surface area contributed by atoms with Gasteiger partial charge in [-0.3, -0.25) is 0 Å². The van der Waals surface area contributed by atoms with Crippen LogP contribution in [0.2, 0.25) is 0 Å². The Bertz CT molecular complexity index is 384. The predicted octanol–water partition coefficient (Wildman–Crippen LogP) is 2.90. The summed E-state index contributed by atoms with van der Waals surface area (Å²) in [6.07, 6.45) is 4.84. The summed E-state index contributed by atoms with van der Waals surface area (Å²) in [5.74, 6) is 1.65. The third-order valence-electron chi connectivity index (χ3n) is 3.89. The van der Waals surface area contributed by atoms with Crippen molar-refractivity contribution in [3.63, 3.8) is 0 Å². The second-order valence-electron chi connectivity index (χ2n) is 6.42. The van der Waals surface area contributed by atoms with Crippen LogP contribution in [0.3, 0.4) is 0 Å². The van der Waals surface area contributed by atoms with Gasteiger partial charge in [-0.2, -0.15) is 0 Å². The molecular formula is C15H25NO2. The first kappa shape index (κ1) is 13.6. The first-order valence-electron chi connectivity index (χ1n) is 6.92. The molecule has 0 bridgehead atoms. The summed E-state index contributed by atoms with van der Waals surface area (Å²) in [6, 6.07) is 2.49. The quantitative estimate of drug-likeness (QED) is 0.846. The van der Waals surface area contributed by atoms with E-state index < -0.39 is 0 Å². The lowest BCUT2D eigenvalue weighted by molar-refractivity contribution is 0.222. The molecule has 1 aromatic rings. The largest absolute Gasteiger partial charge is 0.469 e. The van der Waals surface area contributed by atoms with E-state index in [1.165, 1.54) is 5.56 Å². The molecule has 0 amide bonds. The van der Waals surface area contributed by atoms with Crippen molar-refractivity contribution in [2.75, 3.05) is 13.2 Å². The standard InChI is InChI=1S/C15H25NO2/c1-11(4-6-17)10-16-13-8-15(2,3)9-14-12(13)5-7-18-14/h5,7,11,13,16-17H,4,6,8-10H2,1-3H3. The normalized spacial score (nSPS) is 23.7. The third-order valence-corrected chi connectivity index (χ3v) is 3.89. The minimum atomic E-state index is 0.274. The van der Waals surface area contributed by atoms with Crippen molar-refractivity contribution in [3.05, 3.63) is 23.7 Å². The van der Waals surface area contributed by atoms with Gasteiger partial charge in [0.1, 0.15) is 5.76 Å². The topological polar surface area (TPSA) is 45.4 Å². The molecule has 3 nitrogen and oxygen atoms in total. The molecule has 0 saturated heterocycles. The van der Waals surface area contributed by atoms with Crippen molar-refractivity contribution in [1.82, 2.24) is 5.32 Å². The van der Waals surface area contributed by atoms with Crippen LogP contribution in [-0.2, 0) is 6.42 Å². The van der Waals surface area contributed by atoms with E-state index in [4.69, 9.17) is 9.52 Å². The smallest absolute Gasteiger partial charge is 0.109 e. The van der Waals surface area contributed by atoms with Crippen LogP contribution in [0, 0.1) is 11.3 Å². The number of hydrogen-bond donors (Lipinski definition) is 2. The molecule has 0 fully saturated rings. The number of aliphatic hydroxyl groups is 1. The number of furan rings is 1. The highest BCUT2D eigenvalue weighted by molar-refractivity contribution is 5.26. The Morgan fingerprint density at radius 1 is 1.56 bits per heavy atom. The zero-order valence-corrected chi connectivity index (χ0v) is 11.7. The first-order valence-corrected chi connectivity index (χ1v) is 6.92. The summed E-state index contributed by atoms with van der Waals surface area (Å²) in [6.45, 7) is 7.99. The minimum absolute atomic E-state index is 0.274. The van der Waals surface area contributed by atoms with Gasteiger partial charge in [0.2, 0.25) is 0 Å². The zero-order chi connectivity index (χ0) is 13.2. The SMILES string of the molecule is CC(CCO)CNC1CC(C)(C)Cc2occc21. The fourth-order valence-electron chi connectivity index (χ4n) is 2.82. The van der Waals surface area contributed by atoms with Crippen molar-refractivity contribution in [2.24, 2.45) is 11.3 Å². The maximum atomic E-state index is 8.94. The van der Waals surface area contributed by atoms with E-state index in [0.717, 1.165) is 31.6 Å². The second-order valence-corrected chi connectivity index (χ2v) is 6.42. The van der Waals surface area contributed by atoms with Crippen LogP contribution in [-0.4, -0.2) is 18.3 Å². The summed E-state index contributed by atoms with van der Waals surface area (Å²) in [5.41, 5.74) is 1.62. The number of nitrogens with one attached hydrogen (secondary N) is 1. The van der Waals surface area contributed by atoms with Crippen LogP contribution in [0.4, 0.5) is 0 Å². The lowest BCUT2D eigenvalue weighted by Crippen LogP contribution is -2.34. The Kier molecular flexibility index (Phi) is 4.13. The molecular weight excluding hydrogens is 226 g/mol. The van der Waals surface area contributed by atoms with Gasteiger partial charge in [0.05, 0.1) is 6.26 Å². The van der Waals surface area contributed by atoms with Crippen LogP contribution in [0.15, 0.2) is 16.7 Å². The molecule has 2 rings (SSSR count). The molecule has 102 valence electrons. The molecule has 0 aliphatic heterocycles. The fourth-order valence-corrected chi connectivity index (χ4v) is 2.82. The Morgan fingerprint density at radius 2 is 2.33 bits per heavy atom. The third kappa shape index (κ3) is 3.15. The van der Waals surface area contributed by atoms with E-state index >= 15 is 0 Å². The molecule has 0 saturated carbocycles. The van der Waals surface area contributed by atoms with Gasteiger partial charge in [-0.1, -0.05) is 20.8 Å². The van der Waals surface area contributed by atoms with Gasteiger partial charge < -0.3 is 14.8 Å². The van der Waals surface area contributed by atoms with Crippen LogP contribution in [0.25, 0.3) is 0 Å². The molecule has 0 aromatic carbocycles. The number of hydrogen-bond acceptors (Lipinski definition) is 3. The summed E-state index contributed by atoms with van der Waals surface area (Å²) in [5, 5.41) is 12.6. The first-order chi connectivity index (χ1) is 8.52. The van der Waals surface area contributed by atoms with E-state index in [1.54, 1.807) is 6.26 Å². The van der Waals surface area contributed by atoms with Gasteiger partial charge in [-0.05, 0) is 36.8 Å². The molecule has 1 aliphatic carbocycles. The molecule has 2 atom stereocenters. The maximum absolute atomic E-state index is 8.94. The molecule has 1 heterocycles. The van der Waals surface area contributed by atoms with E-state index in [9.17, 15) is 0 Å². The Hall–Kier alpha value is -0.800. The predicted molar refractivity (Wildman–Crippen MR) is 72.4 cm³/mol. The fraction of sp³-hybridized carbons (Fsp3) is 0.733. The van der Waals surface area contributed by atoms with E-state index in [2.05, 4.69) is 32.2 Å². The summed E-state index contributed by atoms with van der Waals surface area (Å²) in [7, 11) is 0. The minimum Gasteiger partial charge on any atom is -0.469 e. The van der Waals surface area contributed by atoms with Crippen molar-refractivity contribution in [2.45, 2.75) is 46.1 Å². The van der Waals surface area contributed by atoms with Gasteiger partial charge in [0.25, 0.3) is 0 Å². The van der Waals surface area contributed by atoms with E-state index in [0.29, 0.717) is 17.4 Å². The van der Waals surface area contributed by atoms with E-state index in [-0.39, 0.29) is 6.61 Å². The van der Waals surface area contributed by atoms with Crippen molar-refractivity contribution in [3.8, 4) is 0 Å². The number of rotatable bonds is 5. The van der Waals surface area contributed by atoms with Gasteiger partial charge >= 0.3 is 0 Å². The highest BCUT2D eigenvalue weighted by Crippen LogP contribution is 2.41. The summed E-state index contributed by atoms with van der Waals surface area (Å²) in [4.78, 5) is 0. The second kappa shape index (κ2) is 5.45. The average molecular weight is 251 g/mol. The van der Waals surface area contributed by atoms with E-state index in [1.807, 2.05) is 0 Å².